The first kappa shape index (κ1) is 17.7. The van der Waals surface area contributed by atoms with Crippen LogP contribution in [0.1, 0.15) is 25.7 Å². The van der Waals surface area contributed by atoms with Gasteiger partial charge in [-0.25, -0.2) is 0 Å². The van der Waals surface area contributed by atoms with Crippen LogP contribution >= 0.6 is 0 Å². The molecule has 0 bridgehead atoms. The molecule has 1 aromatic rings. The van der Waals surface area contributed by atoms with Gasteiger partial charge in [-0.05, 0) is 58.0 Å². The van der Waals surface area contributed by atoms with Crippen LogP contribution in [0.5, 0.6) is 0 Å². The zero-order chi connectivity index (χ0) is 16.6. The molecule has 0 aliphatic carbocycles. The summed E-state index contributed by atoms with van der Waals surface area (Å²) in [5.74, 6) is 0. The van der Waals surface area contributed by atoms with E-state index < -0.39 is 0 Å². The third-order valence-corrected chi connectivity index (χ3v) is 5.53. The summed E-state index contributed by atoms with van der Waals surface area (Å²) in [7, 11) is 2.24. The van der Waals surface area contributed by atoms with Crippen LogP contribution in [0.2, 0.25) is 0 Å². The molecule has 0 amide bonds. The Balaban J connectivity index is 1.49. The fraction of sp³-hybridized carbons (Fsp3) is 0.700. The van der Waals surface area contributed by atoms with Crippen LogP contribution in [0.3, 0.4) is 0 Å². The average molecular weight is 331 g/mol. The van der Waals surface area contributed by atoms with E-state index in [1.807, 2.05) is 0 Å². The minimum atomic E-state index is 0.721. The summed E-state index contributed by atoms with van der Waals surface area (Å²) in [4.78, 5) is 7.76. The van der Waals surface area contributed by atoms with Gasteiger partial charge in [0.25, 0.3) is 0 Å². The van der Waals surface area contributed by atoms with Crippen LogP contribution in [0.25, 0.3) is 0 Å². The molecule has 0 saturated carbocycles. The maximum Gasteiger partial charge on any atom is 0.0368 e. The zero-order valence-corrected chi connectivity index (χ0v) is 15.3. The Morgan fingerprint density at radius 2 is 1.79 bits per heavy atom. The van der Waals surface area contributed by atoms with Crippen molar-refractivity contribution in [1.29, 1.82) is 0 Å². The molecule has 1 unspecified atom stereocenters. The first-order valence-corrected chi connectivity index (χ1v) is 9.76. The van der Waals surface area contributed by atoms with Crippen LogP contribution in [-0.2, 0) is 0 Å². The molecule has 4 nitrogen and oxygen atoms in total. The molecule has 2 saturated heterocycles. The first-order chi connectivity index (χ1) is 11.8. The average Bonchev–Trinajstić information content (AvgIpc) is 3.08. The van der Waals surface area contributed by atoms with Crippen molar-refractivity contribution in [2.75, 3.05) is 64.3 Å². The molecular formula is C20H34N4. The molecule has 2 aliphatic heterocycles. The van der Waals surface area contributed by atoms with E-state index in [0.29, 0.717) is 0 Å². The highest BCUT2D eigenvalue weighted by Crippen LogP contribution is 2.27. The number of nitrogens with one attached hydrogen (secondary N) is 1. The number of rotatable bonds is 4. The third-order valence-electron chi connectivity index (χ3n) is 5.53. The van der Waals surface area contributed by atoms with E-state index in [4.69, 9.17) is 0 Å². The summed E-state index contributed by atoms with van der Waals surface area (Å²) in [5, 5.41) is 3.58. The Kier molecular flexibility index (Phi) is 6.94. The minimum Gasteiger partial charge on any atom is -0.368 e. The Hall–Kier alpha value is -1.10. The number of hydrogen-bond donors (Lipinski definition) is 1. The number of para-hydroxylation sites is 1. The van der Waals surface area contributed by atoms with E-state index in [-0.39, 0.29) is 0 Å². The molecule has 3 rings (SSSR count). The lowest BCUT2D eigenvalue weighted by atomic mass is 10.1. The van der Waals surface area contributed by atoms with Gasteiger partial charge in [-0.2, -0.15) is 0 Å². The topological polar surface area (TPSA) is 21.8 Å². The third kappa shape index (κ3) is 5.20. The molecule has 1 N–H and O–H groups in total. The van der Waals surface area contributed by atoms with Gasteiger partial charge in [0.15, 0.2) is 0 Å². The zero-order valence-electron chi connectivity index (χ0n) is 15.3. The van der Waals surface area contributed by atoms with Crippen LogP contribution in [-0.4, -0.2) is 75.2 Å². The second-order valence-corrected chi connectivity index (χ2v) is 7.36. The summed E-state index contributed by atoms with van der Waals surface area (Å²) < 4.78 is 0. The number of anilines is 1. The largest absolute Gasteiger partial charge is 0.368 e. The van der Waals surface area contributed by atoms with E-state index in [9.17, 15) is 0 Å². The highest BCUT2D eigenvalue weighted by molar-refractivity contribution is 5.47. The Morgan fingerprint density at radius 3 is 2.67 bits per heavy atom. The van der Waals surface area contributed by atoms with E-state index in [1.165, 1.54) is 70.6 Å². The molecule has 1 aromatic carbocycles. The molecule has 0 aromatic heterocycles. The van der Waals surface area contributed by atoms with E-state index >= 15 is 0 Å². The maximum atomic E-state index is 3.58. The second-order valence-electron chi connectivity index (χ2n) is 7.36. The molecule has 2 heterocycles. The number of likely N-dealkylation sites (N-methyl/N-ethyl adjacent to an activating group) is 1. The molecular weight excluding hydrogens is 296 g/mol. The minimum absolute atomic E-state index is 0.721. The van der Waals surface area contributed by atoms with E-state index in [1.54, 1.807) is 0 Å². The van der Waals surface area contributed by atoms with E-state index in [0.717, 1.165) is 19.1 Å². The molecule has 1 atom stereocenters. The molecule has 0 spiro atoms. The van der Waals surface area contributed by atoms with Gasteiger partial charge < -0.3 is 20.0 Å². The van der Waals surface area contributed by atoms with E-state index in [2.05, 4.69) is 57.4 Å². The predicted octanol–water partition coefficient (Wildman–Crippen LogP) is 2.27. The highest BCUT2D eigenvalue weighted by Gasteiger charge is 2.24. The normalized spacial score (nSPS) is 25.0. The lowest BCUT2D eigenvalue weighted by Crippen LogP contribution is -2.41. The molecule has 2 aliphatic rings. The summed E-state index contributed by atoms with van der Waals surface area (Å²) in [5.41, 5.74) is 1.41. The summed E-state index contributed by atoms with van der Waals surface area (Å²) in [6, 6.07) is 11.7. The fourth-order valence-electron chi connectivity index (χ4n) is 4.07. The van der Waals surface area contributed by atoms with Crippen molar-refractivity contribution in [3.05, 3.63) is 30.3 Å². The van der Waals surface area contributed by atoms with Crippen LogP contribution < -0.4 is 10.2 Å². The second kappa shape index (κ2) is 9.40. The van der Waals surface area contributed by atoms with Crippen molar-refractivity contribution < 1.29 is 0 Å². The standard InChI is InChI=1S/C20H34N4/c1-22-13-6-14-23(18-12-21-11-17-22)16-10-20-9-5-15-24(20)19-7-3-2-4-8-19/h2-4,7-8,20-21H,5-6,9-18H2,1H3. The lowest BCUT2D eigenvalue weighted by Gasteiger charge is -2.31. The lowest BCUT2D eigenvalue weighted by molar-refractivity contribution is 0.225. The summed E-state index contributed by atoms with van der Waals surface area (Å²) in [6.45, 7) is 9.54. The number of nitrogens with zero attached hydrogens (tertiary/aromatic N) is 3. The van der Waals surface area contributed by atoms with Gasteiger partial charge in [-0.15, -0.1) is 0 Å². The molecule has 24 heavy (non-hydrogen) atoms. The van der Waals surface area contributed by atoms with Gasteiger partial charge in [0.1, 0.15) is 0 Å². The van der Waals surface area contributed by atoms with Crippen molar-refractivity contribution >= 4 is 5.69 Å². The summed E-state index contributed by atoms with van der Waals surface area (Å²) >= 11 is 0. The number of hydrogen-bond acceptors (Lipinski definition) is 4. The van der Waals surface area contributed by atoms with Gasteiger partial charge >= 0.3 is 0 Å². The maximum absolute atomic E-state index is 3.58. The molecule has 0 radical (unpaired) electrons. The van der Waals surface area contributed by atoms with Crippen molar-refractivity contribution in [3.63, 3.8) is 0 Å². The quantitative estimate of drug-likeness (QED) is 0.914. The molecule has 2 fully saturated rings. The Labute approximate surface area is 147 Å². The van der Waals surface area contributed by atoms with Gasteiger partial charge in [0, 0.05) is 51.0 Å². The van der Waals surface area contributed by atoms with Crippen LogP contribution in [0.15, 0.2) is 30.3 Å². The Bertz CT molecular complexity index is 464. The monoisotopic (exact) mass is 330 g/mol. The summed E-state index contributed by atoms with van der Waals surface area (Å²) in [6.07, 6.45) is 5.28. The first-order valence-electron chi connectivity index (χ1n) is 9.76. The van der Waals surface area contributed by atoms with Crippen molar-refractivity contribution in [2.24, 2.45) is 0 Å². The van der Waals surface area contributed by atoms with Crippen LogP contribution in [0.4, 0.5) is 5.69 Å². The Morgan fingerprint density at radius 1 is 0.958 bits per heavy atom. The molecule has 134 valence electrons. The highest BCUT2D eigenvalue weighted by atomic mass is 15.2. The van der Waals surface area contributed by atoms with Gasteiger partial charge in [-0.3, -0.25) is 0 Å². The van der Waals surface area contributed by atoms with Gasteiger partial charge in [0.05, 0.1) is 0 Å². The smallest absolute Gasteiger partial charge is 0.0368 e. The molecule has 4 heteroatoms. The van der Waals surface area contributed by atoms with Crippen molar-refractivity contribution in [2.45, 2.75) is 31.7 Å². The van der Waals surface area contributed by atoms with Gasteiger partial charge in [-0.1, -0.05) is 18.2 Å². The van der Waals surface area contributed by atoms with Crippen molar-refractivity contribution in [3.8, 4) is 0 Å². The number of benzene rings is 1. The van der Waals surface area contributed by atoms with Crippen LogP contribution in [0, 0.1) is 0 Å². The van der Waals surface area contributed by atoms with Crippen molar-refractivity contribution in [1.82, 2.24) is 15.1 Å². The SMILES string of the molecule is CN1CCCN(CCC2CCCN2c2ccccc2)CCNCC1. The fourth-order valence-corrected chi connectivity index (χ4v) is 4.07. The van der Waals surface area contributed by atoms with Gasteiger partial charge in [0.2, 0.25) is 0 Å². The predicted molar refractivity (Wildman–Crippen MR) is 103 cm³/mol.